The average molecular weight is 307 g/mol. The summed E-state index contributed by atoms with van der Waals surface area (Å²) in [6.07, 6.45) is 1.42. The molecule has 1 aromatic carbocycles. The second-order valence-corrected chi connectivity index (χ2v) is 4.68. The van der Waals surface area contributed by atoms with Crippen molar-refractivity contribution in [3.8, 4) is 17.0 Å². The summed E-state index contributed by atoms with van der Waals surface area (Å²) in [4.78, 5) is 3.75. The van der Waals surface area contributed by atoms with E-state index < -0.39 is 5.82 Å². The molecule has 94 valence electrons. The molecule has 0 aliphatic heterocycles. The highest BCUT2D eigenvalue weighted by molar-refractivity contribution is 6.41. The first-order chi connectivity index (χ1) is 8.54. The van der Waals surface area contributed by atoms with Gasteiger partial charge >= 0.3 is 0 Å². The second kappa shape index (κ2) is 5.31. The highest BCUT2D eigenvalue weighted by Crippen LogP contribution is 2.39. The Hall–Kier alpha value is -1.03. The van der Waals surface area contributed by atoms with Crippen molar-refractivity contribution in [1.29, 1.82) is 0 Å². The van der Waals surface area contributed by atoms with E-state index >= 15 is 0 Å². The molecule has 0 N–H and O–H groups in total. The van der Waals surface area contributed by atoms with E-state index in [2.05, 4.69) is 4.98 Å². The molecule has 18 heavy (non-hydrogen) atoms. The quantitative estimate of drug-likeness (QED) is 0.790. The van der Waals surface area contributed by atoms with Gasteiger partial charge in [-0.2, -0.15) is 0 Å². The molecule has 6 heteroatoms. The molecule has 0 spiro atoms. The molecule has 0 bridgehead atoms. The van der Waals surface area contributed by atoms with E-state index in [1.807, 2.05) is 0 Å². The average Bonchev–Trinajstić information content (AvgIpc) is 2.30. The number of methoxy groups -OCH3 is 1. The first-order valence-electron chi connectivity index (χ1n) is 4.88. The lowest BCUT2D eigenvalue weighted by Crippen LogP contribution is -1.95. The minimum Gasteiger partial charge on any atom is -0.479 e. The highest BCUT2D eigenvalue weighted by atomic mass is 35.5. The van der Waals surface area contributed by atoms with Gasteiger partial charge in [0.05, 0.1) is 17.2 Å². The van der Waals surface area contributed by atoms with Crippen molar-refractivity contribution in [3.05, 3.63) is 45.3 Å². The van der Waals surface area contributed by atoms with Gasteiger partial charge in [0.25, 0.3) is 5.88 Å². The van der Waals surface area contributed by atoms with Gasteiger partial charge in [0.2, 0.25) is 0 Å². The summed E-state index contributed by atoms with van der Waals surface area (Å²) in [6, 6.07) is 4.46. The van der Waals surface area contributed by atoms with Crippen molar-refractivity contribution in [2.24, 2.45) is 0 Å². The van der Waals surface area contributed by atoms with Crippen LogP contribution in [0.4, 0.5) is 4.39 Å². The second-order valence-electron chi connectivity index (χ2n) is 3.43. The molecule has 2 nitrogen and oxygen atoms in total. The van der Waals surface area contributed by atoms with E-state index in [1.54, 1.807) is 0 Å². The largest absolute Gasteiger partial charge is 0.479 e. The van der Waals surface area contributed by atoms with E-state index in [4.69, 9.17) is 39.5 Å². The first-order valence-corrected chi connectivity index (χ1v) is 6.01. The van der Waals surface area contributed by atoms with Gasteiger partial charge in [-0.25, -0.2) is 9.37 Å². The van der Waals surface area contributed by atoms with Gasteiger partial charge in [-0.05, 0) is 18.2 Å². The Morgan fingerprint density at radius 1 is 1.17 bits per heavy atom. The lowest BCUT2D eigenvalue weighted by Gasteiger charge is -2.10. The van der Waals surface area contributed by atoms with Gasteiger partial charge < -0.3 is 4.74 Å². The van der Waals surface area contributed by atoms with Gasteiger partial charge in [0.1, 0.15) is 0 Å². The van der Waals surface area contributed by atoms with Crippen molar-refractivity contribution in [2.45, 2.75) is 0 Å². The molecule has 0 radical (unpaired) electrons. The summed E-state index contributed by atoms with van der Waals surface area (Å²) < 4.78 is 18.9. The predicted molar refractivity (Wildman–Crippen MR) is 71.2 cm³/mol. The molecule has 0 saturated carbocycles. The highest BCUT2D eigenvalue weighted by Gasteiger charge is 2.17. The van der Waals surface area contributed by atoms with Gasteiger partial charge in [-0.3, -0.25) is 0 Å². The Balaban J connectivity index is 2.70. The monoisotopic (exact) mass is 305 g/mol. The SMILES string of the molecule is COc1nccc(-c2c(Cl)cc(Cl)cc2Cl)c1F. The molecule has 2 aromatic rings. The summed E-state index contributed by atoms with van der Waals surface area (Å²) in [5.41, 5.74) is 0.578. The first kappa shape index (κ1) is 13.4. The van der Waals surface area contributed by atoms with E-state index in [9.17, 15) is 4.39 Å². The van der Waals surface area contributed by atoms with Crippen LogP contribution in [0.15, 0.2) is 24.4 Å². The molecule has 2 rings (SSSR count). The fourth-order valence-corrected chi connectivity index (χ4v) is 2.58. The third-order valence-electron chi connectivity index (χ3n) is 2.33. The maximum absolute atomic E-state index is 14.1. The van der Waals surface area contributed by atoms with Crippen LogP contribution in [0.1, 0.15) is 0 Å². The molecule has 0 atom stereocenters. The topological polar surface area (TPSA) is 22.1 Å². The standard InChI is InChI=1S/C12H7Cl3FNO/c1-18-12-11(16)7(2-3-17-12)10-8(14)4-6(13)5-9(10)15/h2-5H,1H3. The minimum absolute atomic E-state index is 0.116. The van der Waals surface area contributed by atoms with Crippen LogP contribution in [-0.2, 0) is 0 Å². The number of aromatic nitrogens is 1. The van der Waals surface area contributed by atoms with Crippen LogP contribution < -0.4 is 4.74 Å². The van der Waals surface area contributed by atoms with E-state index in [1.165, 1.54) is 31.5 Å². The van der Waals surface area contributed by atoms with Crippen LogP contribution in [0.3, 0.4) is 0 Å². The summed E-state index contributed by atoms with van der Waals surface area (Å²) in [5, 5.41) is 0.912. The third-order valence-corrected chi connectivity index (χ3v) is 3.14. The summed E-state index contributed by atoms with van der Waals surface area (Å²) in [7, 11) is 1.33. The normalized spacial score (nSPS) is 10.5. The van der Waals surface area contributed by atoms with Crippen LogP contribution in [0.2, 0.25) is 15.1 Å². The fraction of sp³-hybridized carbons (Fsp3) is 0.0833. The number of ether oxygens (including phenoxy) is 1. The van der Waals surface area contributed by atoms with Crippen LogP contribution in [0.5, 0.6) is 5.88 Å². The maximum Gasteiger partial charge on any atom is 0.250 e. The number of benzene rings is 1. The Kier molecular flexibility index (Phi) is 3.95. The number of nitrogens with zero attached hydrogens (tertiary/aromatic N) is 1. The number of rotatable bonds is 2. The van der Waals surface area contributed by atoms with Gasteiger partial charge in [0.15, 0.2) is 5.82 Å². The van der Waals surface area contributed by atoms with Gasteiger partial charge in [-0.1, -0.05) is 34.8 Å². The van der Waals surface area contributed by atoms with E-state index in [-0.39, 0.29) is 21.5 Å². The van der Waals surface area contributed by atoms with Crippen LogP contribution in [0, 0.1) is 5.82 Å². The number of hydrogen-bond acceptors (Lipinski definition) is 2. The molecule has 0 fully saturated rings. The van der Waals surface area contributed by atoms with Crippen molar-refractivity contribution in [3.63, 3.8) is 0 Å². The molecule has 0 aliphatic rings. The fourth-order valence-electron chi connectivity index (χ4n) is 1.56. The molecule has 0 aliphatic carbocycles. The van der Waals surface area contributed by atoms with Crippen molar-refractivity contribution in [1.82, 2.24) is 4.98 Å². The molecule has 1 aromatic heterocycles. The van der Waals surface area contributed by atoms with Crippen LogP contribution in [-0.4, -0.2) is 12.1 Å². The molecule has 0 unspecified atom stereocenters. The Labute approximate surface area is 118 Å². The predicted octanol–water partition coefficient (Wildman–Crippen LogP) is 4.86. The van der Waals surface area contributed by atoms with Gasteiger partial charge in [0, 0.05) is 22.3 Å². The lowest BCUT2D eigenvalue weighted by molar-refractivity contribution is 0.370. The molecular formula is C12H7Cl3FNO. The van der Waals surface area contributed by atoms with E-state index in [0.717, 1.165) is 0 Å². The van der Waals surface area contributed by atoms with Gasteiger partial charge in [-0.15, -0.1) is 0 Å². The molecular weight excluding hydrogens is 299 g/mol. The number of halogens is 4. The van der Waals surface area contributed by atoms with Crippen LogP contribution >= 0.6 is 34.8 Å². The molecule has 0 amide bonds. The Bertz CT molecular complexity index is 581. The zero-order valence-corrected chi connectivity index (χ0v) is 11.4. The van der Waals surface area contributed by atoms with Crippen molar-refractivity contribution >= 4 is 34.8 Å². The smallest absolute Gasteiger partial charge is 0.250 e. The summed E-state index contributed by atoms with van der Waals surface area (Å²) in [5.74, 6) is -0.735. The maximum atomic E-state index is 14.1. The lowest BCUT2D eigenvalue weighted by atomic mass is 10.1. The number of pyridine rings is 1. The van der Waals surface area contributed by atoms with Crippen LogP contribution in [0.25, 0.3) is 11.1 Å². The minimum atomic E-state index is -0.619. The zero-order valence-electron chi connectivity index (χ0n) is 9.18. The Morgan fingerprint density at radius 3 is 2.33 bits per heavy atom. The summed E-state index contributed by atoms with van der Waals surface area (Å²) >= 11 is 17.9. The molecule has 1 heterocycles. The Morgan fingerprint density at radius 2 is 1.78 bits per heavy atom. The zero-order chi connectivity index (χ0) is 13.3. The number of hydrogen-bond donors (Lipinski definition) is 0. The van der Waals surface area contributed by atoms with E-state index in [0.29, 0.717) is 10.6 Å². The third kappa shape index (κ3) is 2.39. The van der Waals surface area contributed by atoms with Crippen molar-refractivity contribution in [2.75, 3.05) is 7.11 Å². The van der Waals surface area contributed by atoms with Crippen molar-refractivity contribution < 1.29 is 9.13 Å². The summed E-state index contributed by atoms with van der Waals surface area (Å²) in [6.45, 7) is 0. The molecule has 0 saturated heterocycles.